The maximum absolute atomic E-state index is 12.8. The highest BCUT2D eigenvalue weighted by Gasteiger charge is 2.19. The quantitative estimate of drug-likeness (QED) is 0.0262. The molecule has 1 unspecified atom stereocenters. The minimum absolute atomic E-state index is 0.102. The van der Waals surface area contributed by atoms with Crippen molar-refractivity contribution in [3.63, 3.8) is 0 Å². The molecular weight excluding hydrogens is 817 g/mol. The van der Waals surface area contributed by atoms with E-state index in [0.717, 1.165) is 89.9 Å². The van der Waals surface area contributed by atoms with E-state index in [1.807, 2.05) is 0 Å². The third-order valence-corrected chi connectivity index (χ3v) is 11.9. The summed E-state index contributed by atoms with van der Waals surface area (Å²) < 4.78 is 16.8. The van der Waals surface area contributed by atoms with Crippen LogP contribution in [0, 0.1) is 0 Å². The molecule has 0 bridgehead atoms. The number of hydrogen-bond donors (Lipinski definition) is 0. The largest absolute Gasteiger partial charge is 0.462 e. The Hall–Kier alpha value is -3.15. The predicted molar refractivity (Wildman–Crippen MR) is 284 cm³/mol. The first-order valence-corrected chi connectivity index (χ1v) is 27.9. The molecule has 0 aromatic carbocycles. The Bertz CT molecular complexity index is 1240. The molecule has 0 rings (SSSR count). The lowest BCUT2D eigenvalue weighted by Crippen LogP contribution is -2.30. The lowest BCUT2D eigenvalue weighted by Gasteiger charge is -2.18. The summed E-state index contributed by atoms with van der Waals surface area (Å²) in [7, 11) is 0. The molecule has 0 aromatic rings. The molecule has 0 fully saturated rings. The van der Waals surface area contributed by atoms with E-state index in [1.165, 1.54) is 135 Å². The van der Waals surface area contributed by atoms with E-state index in [4.69, 9.17) is 14.2 Å². The smallest absolute Gasteiger partial charge is 0.306 e. The number of hydrogen-bond acceptors (Lipinski definition) is 6. The van der Waals surface area contributed by atoms with Gasteiger partial charge in [0.15, 0.2) is 6.10 Å². The van der Waals surface area contributed by atoms with Crippen LogP contribution >= 0.6 is 0 Å². The Kier molecular flexibility index (Phi) is 51.9. The van der Waals surface area contributed by atoms with Crippen molar-refractivity contribution in [3.8, 4) is 0 Å². The average Bonchev–Trinajstić information content (AvgIpc) is 3.31. The second-order valence-corrected chi connectivity index (χ2v) is 18.5. The van der Waals surface area contributed by atoms with Gasteiger partial charge in [0.25, 0.3) is 0 Å². The topological polar surface area (TPSA) is 78.9 Å². The number of carbonyl (C=O) groups is 3. The summed E-state index contributed by atoms with van der Waals surface area (Å²) in [6.45, 7) is 6.48. The Morgan fingerprint density at radius 2 is 0.606 bits per heavy atom. The van der Waals surface area contributed by atoms with Gasteiger partial charge in [-0.05, 0) is 103 Å². The van der Waals surface area contributed by atoms with E-state index in [9.17, 15) is 14.4 Å². The summed E-state index contributed by atoms with van der Waals surface area (Å²) in [5, 5.41) is 0. The summed E-state index contributed by atoms with van der Waals surface area (Å²) in [5.41, 5.74) is 0. The molecule has 1 atom stereocenters. The van der Waals surface area contributed by atoms with Crippen LogP contribution in [0.15, 0.2) is 72.9 Å². The molecule has 0 aliphatic carbocycles. The minimum Gasteiger partial charge on any atom is -0.462 e. The lowest BCUT2D eigenvalue weighted by molar-refractivity contribution is -0.167. The van der Waals surface area contributed by atoms with Gasteiger partial charge in [-0.25, -0.2) is 0 Å². The van der Waals surface area contributed by atoms with E-state index >= 15 is 0 Å². The zero-order chi connectivity index (χ0) is 47.9. The van der Waals surface area contributed by atoms with Gasteiger partial charge < -0.3 is 14.2 Å². The normalized spacial score (nSPS) is 12.6. The number of carbonyl (C=O) groups excluding carboxylic acids is 3. The molecule has 0 radical (unpaired) electrons. The van der Waals surface area contributed by atoms with Gasteiger partial charge in [-0.3, -0.25) is 14.4 Å². The number of unbranched alkanes of at least 4 members (excludes halogenated alkanes) is 27. The standard InChI is InChI=1S/C60H104O6/c1-4-7-10-13-16-19-22-25-27-29-30-32-33-35-38-41-44-47-50-53-59(62)65-56-57(55-64-58(61)52-49-46-43-40-37-24-21-18-15-12-9-6-3)66-60(63)54-51-48-45-42-39-36-34-31-28-26-23-20-17-14-11-8-5-2/h9,12,18,21,26,28-30,34,36,42,45,57H,4-8,10-11,13-17,19-20,22-25,27,31-33,35,37-41,43-44,46-56H2,1-3H3/b12-9-,21-18-,28-26-,30-29-,36-34-,45-42-. The van der Waals surface area contributed by atoms with Crippen LogP contribution in [0.25, 0.3) is 0 Å². The van der Waals surface area contributed by atoms with Crippen LogP contribution < -0.4 is 0 Å². The maximum Gasteiger partial charge on any atom is 0.306 e. The van der Waals surface area contributed by atoms with E-state index in [-0.39, 0.29) is 37.5 Å². The number of allylic oxidation sites excluding steroid dienone is 12. The zero-order valence-electron chi connectivity index (χ0n) is 43.4. The summed E-state index contributed by atoms with van der Waals surface area (Å²) in [4.78, 5) is 38.0. The van der Waals surface area contributed by atoms with Crippen LogP contribution in [0.2, 0.25) is 0 Å². The molecule has 6 heteroatoms. The highest BCUT2D eigenvalue weighted by Crippen LogP contribution is 2.14. The molecule has 0 saturated carbocycles. The van der Waals surface area contributed by atoms with Gasteiger partial charge in [0, 0.05) is 19.3 Å². The van der Waals surface area contributed by atoms with Crippen LogP contribution in [0.1, 0.15) is 271 Å². The zero-order valence-corrected chi connectivity index (χ0v) is 43.4. The van der Waals surface area contributed by atoms with Gasteiger partial charge in [-0.15, -0.1) is 0 Å². The van der Waals surface area contributed by atoms with E-state index in [2.05, 4.69) is 93.7 Å². The number of ether oxygens (including phenoxy) is 3. The van der Waals surface area contributed by atoms with Crippen molar-refractivity contribution in [1.29, 1.82) is 0 Å². The van der Waals surface area contributed by atoms with Crippen molar-refractivity contribution in [2.45, 2.75) is 277 Å². The fourth-order valence-electron chi connectivity index (χ4n) is 7.73. The highest BCUT2D eigenvalue weighted by molar-refractivity contribution is 5.71. The Morgan fingerprint density at radius 3 is 0.985 bits per heavy atom. The number of rotatable bonds is 50. The fourth-order valence-corrected chi connectivity index (χ4v) is 7.73. The Morgan fingerprint density at radius 1 is 0.318 bits per heavy atom. The summed E-state index contributed by atoms with van der Waals surface area (Å²) in [6.07, 6.45) is 69.0. The van der Waals surface area contributed by atoms with Crippen LogP contribution in [0.3, 0.4) is 0 Å². The fraction of sp³-hybridized carbons (Fsp3) is 0.750. The molecule has 0 N–H and O–H groups in total. The third-order valence-electron chi connectivity index (χ3n) is 11.9. The van der Waals surface area contributed by atoms with Gasteiger partial charge >= 0.3 is 17.9 Å². The van der Waals surface area contributed by atoms with Crippen LogP contribution in [0.5, 0.6) is 0 Å². The van der Waals surface area contributed by atoms with Gasteiger partial charge in [0.2, 0.25) is 0 Å². The van der Waals surface area contributed by atoms with Gasteiger partial charge in [-0.1, -0.05) is 222 Å². The first-order valence-electron chi connectivity index (χ1n) is 27.9. The Labute approximate surface area is 408 Å². The van der Waals surface area contributed by atoms with Crippen molar-refractivity contribution in [2.24, 2.45) is 0 Å². The Balaban J connectivity index is 4.43. The van der Waals surface area contributed by atoms with E-state index in [0.29, 0.717) is 19.3 Å². The van der Waals surface area contributed by atoms with Crippen molar-refractivity contribution in [1.82, 2.24) is 0 Å². The third kappa shape index (κ3) is 51.8. The molecule has 0 aliphatic heterocycles. The molecule has 66 heavy (non-hydrogen) atoms. The lowest BCUT2D eigenvalue weighted by atomic mass is 10.1. The van der Waals surface area contributed by atoms with Crippen LogP contribution in [-0.2, 0) is 28.6 Å². The average molecular weight is 921 g/mol. The van der Waals surface area contributed by atoms with Gasteiger partial charge in [0.1, 0.15) is 13.2 Å². The number of esters is 3. The maximum atomic E-state index is 12.8. The second-order valence-electron chi connectivity index (χ2n) is 18.5. The summed E-state index contributed by atoms with van der Waals surface area (Å²) in [6, 6.07) is 0. The van der Waals surface area contributed by atoms with Crippen molar-refractivity contribution < 1.29 is 28.6 Å². The minimum atomic E-state index is -0.809. The van der Waals surface area contributed by atoms with Gasteiger partial charge in [0.05, 0.1) is 0 Å². The van der Waals surface area contributed by atoms with Crippen molar-refractivity contribution in [2.75, 3.05) is 13.2 Å². The second kappa shape index (κ2) is 54.5. The highest BCUT2D eigenvalue weighted by atomic mass is 16.6. The SMILES string of the molecule is CC/C=C\C/C=C\CCCCCCCC(=O)OCC(COC(=O)CCCCCCCCC/C=C\CCCCCCCCCC)OC(=O)CCC/C=C\C/C=C\C/C=C\CCCCCCCC. The van der Waals surface area contributed by atoms with E-state index in [1.54, 1.807) is 0 Å². The van der Waals surface area contributed by atoms with Crippen LogP contribution in [-0.4, -0.2) is 37.2 Å². The molecule has 380 valence electrons. The molecule has 0 saturated heterocycles. The molecule has 0 heterocycles. The molecule has 0 aliphatic rings. The van der Waals surface area contributed by atoms with Crippen molar-refractivity contribution in [3.05, 3.63) is 72.9 Å². The predicted octanol–water partition coefficient (Wildman–Crippen LogP) is 18.6. The molecule has 0 aromatic heterocycles. The summed E-state index contributed by atoms with van der Waals surface area (Å²) in [5.74, 6) is -0.970. The summed E-state index contributed by atoms with van der Waals surface area (Å²) >= 11 is 0. The first-order chi connectivity index (χ1) is 32.5. The monoisotopic (exact) mass is 921 g/mol. The van der Waals surface area contributed by atoms with E-state index < -0.39 is 6.10 Å². The molecular formula is C60H104O6. The molecule has 0 spiro atoms. The first kappa shape index (κ1) is 62.8. The molecule has 6 nitrogen and oxygen atoms in total. The molecule has 0 amide bonds. The van der Waals surface area contributed by atoms with Crippen LogP contribution in [0.4, 0.5) is 0 Å². The van der Waals surface area contributed by atoms with Gasteiger partial charge in [-0.2, -0.15) is 0 Å². The van der Waals surface area contributed by atoms with Crippen molar-refractivity contribution >= 4 is 17.9 Å².